The molecule has 2 aliphatic rings. The van der Waals surface area contributed by atoms with Crippen LogP contribution in [0.5, 0.6) is 0 Å². The molecule has 8 heteroatoms. The van der Waals surface area contributed by atoms with E-state index in [4.69, 9.17) is 0 Å². The molecule has 2 fully saturated rings. The Morgan fingerprint density at radius 1 is 1.26 bits per heavy atom. The molecule has 0 spiro atoms. The zero-order valence-electron chi connectivity index (χ0n) is 16.2. The lowest BCUT2D eigenvalue weighted by Crippen LogP contribution is -2.47. The normalized spacial score (nSPS) is 22.7. The fourth-order valence-corrected chi connectivity index (χ4v) is 4.56. The Morgan fingerprint density at radius 3 is 2.74 bits per heavy atom. The Bertz CT molecular complexity index is 658. The number of aryl methyl sites for hydroxylation is 2. The predicted octanol–water partition coefficient (Wildman–Crippen LogP) is 1.29. The maximum atomic E-state index is 12.6. The van der Waals surface area contributed by atoms with E-state index >= 15 is 0 Å². The smallest absolute Gasteiger partial charge is 0.237 e. The van der Waals surface area contributed by atoms with Crippen molar-refractivity contribution < 1.29 is 9.59 Å². The van der Waals surface area contributed by atoms with Crippen LogP contribution in [0.25, 0.3) is 0 Å². The van der Waals surface area contributed by atoms with Crippen molar-refractivity contribution in [2.45, 2.75) is 50.7 Å². The van der Waals surface area contributed by atoms with E-state index in [2.05, 4.69) is 20.6 Å². The number of nitrogens with zero attached hydrogens (tertiary/aromatic N) is 3. The molecule has 2 atom stereocenters. The number of hydrogen-bond acceptors (Lipinski definition) is 6. The minimum Gasteiger partial charge on any atom is -0.354 e. The third-order valence-electron chi connectivity index (χ3n) is 5.10. The first-order valence-electron chi connectivity index (χ1n) is 9.75. The van der Waals surface area contributed by atoms with Crippen molar-refractivity contribution in [3.05, 3.63) is 17.5 Å². The monoisotopic (exact) mass is 391 g/mol. The van der Waals surface area contributed by atoms with Gasteiger partial charge in [0.15, 0.2) is 5.16 Å². The Balaban J connectivity index is 1.43. The molecule has 1 aromatic rings. The summed E-state index contributed by atoms with van der Waals surface area (Å²) in [5.74, 6) is 0.902. The third-order valence-corrected chi connectivity index (χ3v) is 5.93. The summed E-state index contributed by atoms with van der Waals surface area (Å²) >= 11 is 1.40. The van der Waals surface area contributed by atoms with Gasteiger partial charge in [0.05, 0.1) is 11.8 Å². The van der Waals surface area contributed by atoms with Crippen molar-refractivity contribution in [2.24, 2.45) is 5.92 Å². The van der Waals surface area contributed by atoms with Crippen LogP contribution in [0.1, 0.15) is 37.1 Å². The summed E-state index contributed by atoms with van der Waals surface area (Å²) < 4.78 is 0. The molecule has 0 saturated carbocycles. The molecular formula is C19H29N5O2S. The fourth-order valence-electron chi connectivity index (χ4n) is 3.71. The zero-order chi connectivity index (χ0) is 19.2. The van der Waals surface area contributed by atoms with Crippen LogP contribution in [0.15, 0.2) is 11.2 Å². The Morgan fingerprint density at radius 2 is 2.04 bits per heavy atom. The molecule has 0 bridgehead atoms. The van der Waals surface area contributed by atoms with Crippen molar-refractivity contribution in [3.63, 3.8) is 0 Å². The minimum atomic E-state index is -0.0412. The summed E-state index contributed by atoms with van der Waals surface area (Å²) in [6.45, 7) is 6.95. The van der Waals surface area contributed by atoms with Gasteiger partial charge in [-0.2, -0.15) is 0 Å². The van der Waals surface area contributed by atoms with E-state index in [-0.39, 0.29) is 17.9 Å². The highest BCUT2D eigenvalue weighted by Gasteiger charge is 2.26. The number of carbonyl (C=O) groups is 2. The van der Waals surface area contributed by atoms with E-state index in [0.717, 1.165) is 50.2 Å². The first-order chi connectivity index (χ1) is 13.0. The number of carbonyl (C=O) groups excluding carboxylic acids is 2. The molecule has 7 nitrogen and oxygen atoms in total. The third kappa shape index (κ3) is 5.90. The Hall–Kier alpha value is -1.67. The predicted molar refractivity (Wildman–Crippen MR) is 106 cm³/mol. The number of aromatic nitrogens is 2. The number of amides is 2. The lowest BCUT2D eigenvalue weighted by atomic mass is 9.98. The fraction of sp³-hybridized carbons (Fsp3) is 0.684. The van der Waals surface area contributed by atoms with Crippen LogP contribution >= 0.6 is 11.8 Å². The standard InChI is InChI=1S/C19H29N5O2S/c1-13-9-14(2)23-19(22-13)27-12-17(25)24-8-4-5-15(11-24)10-21-18(26)16-6-3-7-20-16/h9,15-16,20H,3-8,10-12H2,1-2H3,(H,21,26). The van der Waals surface area contributed by atoms with E-state index in [9.17, 15) is 9.59 Å². The Labute approximate surface area is 165 Å². The topological polar surface area (TPSA) is 87.2 Å². The van der Waals surface area contributed by atoms with E-state index < -0.39 is 0 Å². The van der Waals surface area contributed by atoms with Gasteiger partial charge in [-0.25, -0.2) is 9.97 Å². The van der Waals surface area contributed by atoms with Crippen LogP contribution in [-0.4, -0.2) is 64.7 Å². The highest BCUT2D eigenvalue weighted by Crippen LogP contribution is 2.19. The zero-order valence-corrected chi connectivity index (χ0v) is 17.0. The van der Waals surface area contributed by atoms with Gasteiger partial charge in [-0.1, -0.05) is 11.8 Å². The molecule has 0 radical (unpaired) electrons. The van der Waals surface area contributed by atoms with E-state index in [1.165, 1.54) is 11.8 Å². The van der Waals surface area contributed by atoms with Gasteiger partial charge in [0, 0.05) is 31.0 Å². The maximum Gasteiger partial charge on any atom is 0.237 e. The molecule has 1 aromatic heterocycles. The van der Waals surface area contributed by atoms with Crippen molar-refractivity contribution >= 4 is 23.6 Å². The van der Waals surface area contributed by atoms with Crippen LogP contribution in [0.2, 0.25) is 0 Å². The van der Waals surface area contributed by atoms with Gasteiger partial charge in [0.25, 0.3) is 0 Å². The number of nitrogens with one attached hydrogen (secondary N) is 2. The van der Waals surface area contributed by atoms with E-state index in [1.54, 1.807) is 0 Å². The summed E-state index contributed by atoms with van der Waals surface area (Å²) in [4.78, 5) is 35.4. The molecule has 3 rings (SSSR count). The largest absolute Gasteiger partial charge is 0.354 e. The van der Waals surface area contributed by atoms with Gasteiger partial charge in [0.2, 0.25) is 11.8 Å². The second-order valence-electron chi connectivity index (χ2n) is 7.46. The molecule has 2 aliphatic heterocycles. The number of hydrogen-bond donors (Lipinski definition) is 2. The minimum absolute atomic E-state index is 0.0412. The summed E-state index contributed by atoms with van der Waals surface area (Å²) in [7, 11) is 0. The van der Waals surface area contributed by atoms with Gasteiger partial charge in [0.1, 0.15) is 0 Å². The quantitative estimate of drug-likeness (QED) is 0.561. The molecule has 3 heterocycles. The molecule has 2 saturated heterocycles. The molecule has 27 heavy (non-hydrogen) atoms. The Kier molecular flexibility index (Phi) is 7.07. The number of rotatable bonds is 6. The van der Waals surface area contributed by atoms with Crippen molar-refractivity contribution in [3.8, 4) is 0 Å². The number of thioether (sulfide) groups is 1. The number of likely N-dealkylation sites (tertiary alicyclic amines) is 1. The van der Waals surface area contributed by atoms with Gasteiger partial charge in [-0.05, 0) is 58.1 Å². The van der Waals surface area contributed by atoms with Crippen molar-refractivity contribution in [1.29, 1.82) is 0 Å². The molecule has 2 amide bonds. The van der Waals surface area contributed by atoms with Gasteiger partial charge in [-0.15, -0.1) is 0 Å². The first-order valence-corrected chi connectivity index (χ1v) is 10.7. The SMILES string of the molecule is Cc1cc(C)nc(SCC(=O)N2CCCC(CNC(=O)C3CCCN3)C2)n1. The van der Waals surface area contributed by atoms with Crippen LogP contribution in [0, 0.1) is 19.8 Å². The molecule has 0 aliphatic carbocycles. The molecule has 148 valence electrons. The number of piperidine rings is 1. The highest BCUT2D eigenvalue weighted by molar-refractivity contribution is 7.99. The van der Waals surface area contributed by atoms with Gasteiger partial charge < -0.3 is 15.5 Å². The molecular weight excluding hydrogens is 362 g/mol. The lowest BCUT2D eigenvalue weighted by Gasteiger charge is -2.33. The van der Waals surface area contributed by atoms with Crippen LogP contribution in [-0.2, 0) is 9.59 Å². The van der Waals surface area contributed by atoms with Crippen LogP contribution in [0.4, 0.5) is 0 Å². The van der Waals surface area contributed by atoms with Crippen molar-refractivity contribution in [1.82, 2.24) is 25.5 Å². The molecule has 0 aromatic carbocycles. The summed E-state index contributed by atoms with van der Waals surface area (Å²) in [6.07, 6.45) is 4.01. The summed E-state index contributed by atoms with van der Waals surface area (Å²) in [5, 5.41) is 6.94. The van der Waals surface area contributed by atoms with Crippen LogP contribution in [0.3, 0.4) is 0 Å². The second-order valence-corrected chi connectivity index (χ2v) is 8.41. The van der Waals surface area contributed by atoms with E-state index in [1.807, 2.05) is 24.8 Å². The second kappa shape index (κ2) is 9.50. The average Bonchev–Trinajstić information content (AvgIpc) is 3.18. The summed E-state index contributed by atoms with van der Waals surface area (Å²) in [6, 6.07) is 1.89. The van der Waals surface area contributed by atoms with Gasteiger partial charge >= 0.3 is 0 Å². The van der Waals surface area contributed by atoms with Crippen molar-refractivity contribution in [2.75, 3.05) is 31.9 Å². The van der Waals surface area contributed by atoms with Crippen LogP contribution < -0.4 is 10.6 Å². The van der Waals surface area contributed by atoms with Gasteiger partial charge in [-0.3, -0.25) is 9.59 Å². The van der Waals surface area contributed by atoms with E-state index in [0.29, 0.717) is 29.9 Å². The first kappa shape index (κ1) is 20.1. The highest BCUT2D eigenvalue weighted by atomic mass is 32.2. The summed E-state index contributed by atoms with van der Waals surface area (Å²) in [5.41, 5.74) is 1.84. The average molecular weight is 392 g/mol. The molecule has 2 N–H and O–H groups in total. The molecule has 2 unspecified atom stereocenters. The lowest BCUT2D eigenvalue weighted by molar-refractivity contribution is -0.130. The maximum absolute atomic E-state index is 12.6.